The summed E-state index contributed by atoms with van der Waals surface area (Å²) in [5.41, 5.74) is 0.753. The highest BCUT2D eigenvalue weighted by Crippen LogP contribution is 2.26. The van der Waals surface area contributed by atoms with E-state index in [1.54, 1.807) is 37.3 Å². The van der Waals surface area contributed by atoms with Crippen LogP contribution in [-0.2, 0) is 14.3 Å². The van der Waals surface area contributed by atoms with E-state index in [4.69, 9.17) is 14.9 Å². The number of carbonyl (C=O) groups excluding carboxylic acids is 2. The average molecular weight is 306 g/mol. The Hall–Kier alpha value is -2.28. The molecule has 0 radical (unpaired) electrons. The molecule has 2 N–H and O–H groups in total. The first-order chi connectivity index (χ1) is 10.1. The lowest BCUT2D eigenvalue weighted by Crippen LogP contribution is -2.18. The zero-order valence-corrected chi connectivity index (χ0v) is 12.2. The second-order valence-corrected chi connectivity index (χ2v) is 5.11. The van der Waals surface area contributed by atoms with Crippen LogP contribution in [0.25, 0.3) is 6.08 Å². The largest absolute Gasteiger partial charge is 0.482 e. The Morgan fingerprint density at radius 1 is 1.48 bits per heavy atom. The van der Waals surface area contributed by atoms with Gasteiger partial charge in [-0.3, -0.25) is 10.2 Å². The molecule has 1 aliphatic rings. The highest BCUT2D eigenvalue weighted by Gasteiger charge is 2.22. The number of hydrogen-bond donors (Lipinski definition) is 2. The first-order valence-electron chi connectivity index (χ1n) is 6.26. The van der Waals surface area contributed by atoms with Crippen molar-refractivity contribution in [2.24, 2.45) is 0 Å². The van der Waals surface area contributed by atoms with Gasteiger partial charge in [-0.2, -0.15) is 0 Å². The minimum Gasteiger partial charge on any atom is -0.482 e. The van der Waals surface area contributed by atoms with E-state index in [1.807, 2.05) is 0 Å². The van der Waals surface area contributed by atoms with Crippen LogP contribution >= 0.6 is 11.8 Å². The van der Waals surface area contributed by atoms with Gasteiger partial charge in [0, 0.05) is 0 Å². The van der Waals surface area contributed by atoms with Crippen LogP contribution in [0.15, 0.2) is 29.2 Å². The van der Waals surface area contributed by atoms with E-state index in [1.165, 1.54) is 0 Å². The van der Waals surface area contributed by atoms with E-state index in [2.05, 4.69) is 5.32 Å². The van der Waals surface area contributed by atoms with Crippen molar-refractivity contribution in [1.82, 2.24) is 5.32 Å². The summed E-state index contributed by atoms with van der Waals surface area (Å²) < 4.78 is 10.1. The Balaban J connectivity index is 2.04. The predicted octanol–water partition coefficient (Wildman–Crippen LogP) is 1.77. The molecule has 0 aromatic heterocycles. The van der Waals surface area contributed by atoms with E-state index in [0.717, 1.165) is 17.3 Å². The third-order valence-corrected chi connectivity index (χ3v) is 3.31. The van der Waals surface area contributed by atoms with Gasteiger partial charge in [0.05, 0.1) is 11.5 Å². The van der Waals surface area contributed by atoms with Crippen LogP contribution in [0.4, 0.5) is 0 Å². The Morgan fingerprint density at radius 2 is 2.29 bits per heavy atom. The molecule has 0 aliphatic carbocycles. The van der Waals surface area contributed by atoms with E-state index in [-0.39, 0.29) is 17.7 Å². The minimum atomic E-state index is -0.430. The van der Waals surface area contributed by atoms with Gasteiger partial charge in [0.2, 0.25) is 0 Å². The lowest BCUT2D eigenvalue weighted by molar-refractivity contribution is -0.145. The molecule has 1 saturated heterocycles. The minimum absolute atomic E-state index is 0.112. The third-order valence-electron chi connectivity index (χ3n) is 2.48. The van der Waals surface area contributed by atoms with E-state index in [9.17, 15) is 9.59 Å². The predicted molar refractivity (Wildman–Crippen MR) is 80.0 cm³/mol. The highest BCUT2D eigenvalue weighted by atomic mass is 32.2. The second kappa shape index (κ2) is 6.94. The number of carbonyl (C=O) groups is 2. The number of amidine groups is 1. The number of hydrogen-bond acceptors (Lipinski definition) is 6. The number of benzene rings is 1. The van der Waals surface area contributed by atoms with Gasteiger partial charge in [-0.05, 0) is 42.5 Å². The Labute approximate surface area is 126 Å². The zero-order valence-electron chi connectivity index (χ0n) is 11.3. The van der Waals surface area contributed by atoms with Crippen LogP contribution in [0.2, 0.25) is 0 Å². The van der Waals surface area contributed by atoms with Crippen LogP contribution in [0.3, 0.4) is 0 Å². The number of esters is 1. The molecule has 1 aliphatic heterocycles. The summed E-state index contributed by atoms with van der Waals surface area (Å²) in [5, 5.41) is 9.90. The molecule has 1 aromatic rings. The zero-order chi connectivity index (χ0) is 15.2. The third kappa shape index (κ3) is 4.35. The molecule has 0 unspecified atom stereocenters. The molecule has 6 nitrogen and oxygen atoms in total. The molecule has 1 amide bonds. The normalized spacial score (nSPS) is 16.0. The summed E-state index contributed by atoms with van der Waals surface area (Å²) in [7, 11) is 0. The smallest absolute Gasteiger partial charge is 0.344 e. The van der Waals surface area contributed by atoms with E-state index >= 15 is 0 Å². The number of thioether (sulfide) groups is 1. The van der Waals surface area contributed by atoms with Gasteiger partial charge in [0.1, 0.15) is 5.75 Å². The molecule has 1 fully saturated rings. The number of amides is 1. The fraction of sp³-hybridized carbons (Fsp3) is 0.214. The second-order valence-electron chi connectivity index (χ2n) is 4.06. The maximum Gasteiger partial charge on any atom is 0.344 e. The van der Waals surface area contributed by atoms with Gasteiger partial charge in [-0.25, -0.2) is 4.79 Å². The Morgan fingerprint density at radius 3 is 2.95 bits per heavy atom. The lowest BCUT2D eigenvalue weighted by Gasteiger charge is -2.06. The fourth-order valence-corrected chi connectivity index (χ4v) is 2.33. The van der Waals surface area contributed by atoms with Crippen LogP contribution in [0.5, 0.6) is 5.75 Å². The van der Waals surface area contributed by atoms with Crippen molar-refractivity contribution in [2.45, 2.75) is 6.92 Å². The van der Waals surface area contributed by atoms with Crippen molar-refractivity contribution in [3.05, 3.63) is 34.7 Å². The molecule has 110 valence electrons. The topological polar surface area (TPSA) is 88.5 Å². The van der Waals surface area contributed by atoms with Gasteiger partial charge in [0.25, 0.3) is 5.91 Å². The van der Waals surface area contributed by atoms with Gasteiger partial charge in [-0.1, -0.05) is 12.1 Å². The standard InChI is InChI=1S/C14H14N2O4S/c1-2-19-12(17)8-20-10-5-3-4-9(6-10)7-11-13(18)16-14(15)21-11/h3-7H,2,8H2,1H3,(H2,15,16,18)/b11-7-. The molecule has 0 spiro atoms. The first-order valence-corrected chi connectivity index (χ1v) is 7.08. The van der Waals surface area contributed by atoms with Gasteiger partial charge in [-0.15, -0.1) is 0 Å². The maximum absolute atomic E-state index is 11.5. The molecule has 7 heteroatoms. The average Bonchev–Trinajstić information content (AvgIpc) is 2.75. The van der Waals surface area contributed by atoms with Gasteiger partial charge in [0.15, 0.2) is 11.8 Å². The van der Waals surface area contributed by atoms with Crippen molar-refractivity contribution in [2.75, 3.05) is 13.2 Å². The molecule has 0 saturated carbocycles. The summed E-state index contributed by atoms with van der Waals surface area (Å²) in [5.74, 6) is -0.209. The summed E-state index contributed by atoms with van der Waals surface area (Å²) >= 11 is 1.07. The van der Waals surface area contributed by atoms with Crippen molar-refractivity contribution < 1.29 is 19.1 Å². The summed E-state index contributed by atoms with van der Waals surface area (Å²) in [4.78, 5) is 23.2. The Kier molecular flexibility index (Phi) is 4.99. The summed E-state index contributed by atoms with van der Waals surface area (Å²) in [6.45, 7) is 1.88. The fourth-order valence-electron chi connectivity index (χ4n) is 1.63. The molecule has 0 bridgehead atoms. The van der Waals surface area contributed by atoms with E-state index in [0.29, 0.717) is 17.3 Å². The molecular formula is C14H14N2O4S. The van der Waals surface area contributed by atoms with Gasteiger partial charge < -0.3 is 14.8 Å². The lowest BCUT2D eigenvalue weighted by atomic mass is 10.2. The molecular weight excluding hydrogens is 292 g/mol. The first kappa shape index (κ1) is 15.1. The SMILES string of the molecule is CCOC(=O)COc1cccc(/C=C2\SC(=N)NC2=O)c1. The summed E-state index contributed by atoms with van der Waals surface area (Å²) in [6.07, 6.45) is 1.67. The highest BCUT2D eigenvalue weighted by molar-refractivity contribution is 8.18. The molecule has 2 rings (SSSR count). The Bertz CT molecular complexity index is 613. The monoisotopic (exact) mass is 306 g/mol. The van der Waals surface area contributed by atoms with Crippen LogP contribution in [0, 0.1) is 5.41 Å². The molecule has 21 heavy (non-hydrogen) atoms. The summed E-state index contributed by atoms with van der Waals surface area (Å²) in [6, 6.07) is 6.99. The van der Waals surface area contributed by atoms with Crippen LogP contribution < -0.4 is 10.1 Å². The van der Waals surface area contributed by atoms with Crippen molar-refractivity contribution in [3.8, 4) is 5.75 Å². The van der Waals surface area contributed by atoms with Crippen molar-refractivity contribution in [1.29, 1.82) is 5.41 Å². The molecule has 1 heterocycles. The number of nitrogens with one attached hydrogen (secondary N) is 2. The van der Waals surface area contributed by atoms with Crippen molar-refractivity contribution in [3.63, 3.8) is 0 Å². The molecule has 0 atom stereocenters. The van der Waals surface area contributed by atoms with Crippen molar-refractivity contribution >= 4 is 34.9 Å². The van der Waals surface area contributed by atoms with Gasteiger partial charge >= 0.3 is 5.97 Å². The van der Waals surface area contributed by atoms with Crippen LogP contribution in [0.1, 0.15) is 12.5 Å². The van der Waals surface area contributed by atoms with Crippen LogP contribution in [-0.4, -0.2) is 30.3 Å². The number of ether oxygens (including phenoxy) is 2. The number of rotatable bonds is 5. The molecule has 1 aromatic carbocycles. The van der Waals surface area contributed by atoms with E-state index < -0.39 is 5.97 Å². The quantitative estimate of drug-likeness (QED) is 0.639. The maximum atomic E-state index is 11.5.